The van der Waals surface area contributed by atoms with Crippen molar-refractivity contribution in [3.63, 3.8) is 0 Å². The quantitative estimate of drug-likeness (QED) is 0.927. The van der Waals surface area contributed by atoms with Gasteiger partial charge in [0.05, 0.1) is 17.3 Å². The molecule has 0 aliphatic carbocycles. The first kappa shape index (κ1) is 13.1. The van der Waals surface area contributed by atoms with Crippen molar-refractivity contribution in [3.05, 3.63) is 40.6 Å². The van der Waals surface area contributed by atoms with E-state index < -0.39 is 5.82 Å². The molecule has 0 aliphatic rings. The monoisotopic (exact) mass is 267 g/mol. The first-order valence-electron chi connectivity index (χ1n) is 5.66. The van der Waals surface area contributed by atoms with Gasteiger partial charge in [0, 0.05) is 18.3 Å². The number of nitrogens with one attached hydrogen (secondary N) is 1. The summed E-state index contributed by atoms with van der Waals surface area (Å²) in [5.41, 5.74) is 2.70. The molecule has 1 aromatic carbocycles. The number of hydrogen-bond acceptors (Lipinski definition) is 2. The average Bonchev–Trinajstić information content (AvgIpc) is 2.62. The molecule has 1 aromatic heterocycles. The maximum Gasteiger partial charge on any atom is 0.141 e. The Morgan fingerprint density at radius 3 is 2.78 bits per heavy atom. The highest BCUT2D eigenvalue weighted by molar-refractivity contribution is 6.31. The highest BCUT2D eigenvalue weighted by Gasteiger charge is 2.13. The molecule has 0 saturated carbocycles. The van der Waals surface area contributed by atoms with Gasteiger partial charge in [0.1, 0.15) is 11.6 Å². The second-order valence-electron chi connectivity index (χ2n) is 4.18. The van der Waals surface area contributed by atoms with E-state index in [-0.39, 0.29) is 5.02 Å². The lowest BCUT2D eigenvalue weighted by molar-refractivity contribution is 0.628. The van der Waals surface area contributed by atoms with Gasteiger partial charge in [-0.25, -0.2) is 9.37 Å². The van der Waals surface area contributed by atoms with Crippen molar-refractivity contribution in [1.82, 2.24) is 14.9 Å². The molecule has 0 saturated heterocycles. The zero-order valence-corrected chi connectivity index (χ0v) is 11.3. The second-order valence-corrected chi connectivity index (χ2v) is 4.59. The van der Waals surface area contributed by atoms with Crippen molar-refractivity contribution in [1.29, 1.82) is 0 Å². The molecule has 0 spiro atoms. The van der Waals surface area contributed by atoms with Gasteiger partial charge in [0.25, 0.3) is 0 Å². The maximum atomic E-state index is 13.2. The third-order valence-electron chi connectivity index (χ3n) is 3.00. The Morgan fingerprint density at radius 2 is 2.17 bits per heavy atom. The van der Waals surface area contributed by atoms with Crippen molar-refractivity contribution >= 4 is 11.6 Å². The highest BCUT2D eigenvalue weighted by Crippen LogP contribution is 2.27. The standard InChI is InChI=1S/C13H15ClFN3/c1-8-13(17-12(7-16-2)18(8)3)9-4-5-11(15)10(14)6-9/h4-6,16H,7H2,1-3H3. The summed E-state index contributed by atoms with van der Waals surface area (Å²) in [5.74, 6) is 0.523. The molecule has 0 aliphatic heterocycles. The Balaban J connectivity index is 2.50. The number of imidazole rings is 1. The molecule has 3 nitrogen and oxygen atoms in total. The summed E-state index contributed by atoms with van der Waals surface area (Å²) >= 11 is 5.80. The Kier molecular flexibility index (Phi) is 3.68. The van der Waals surface area contributed by atoms with Crippen LogP contribution in [0.1, 0.15) is 11.5 Å². The SMILES string of the molecule is CNCc1nc(-c2ccc(F)c(Cl)c2)c(C)n1C. The van der Waals surface area contributed by atoms with Crippen molar-refractivity contribution in [2.45, 2.75) is 13.5 Å². The molecule has 0 bridgehead atoms. The van der Waals surface area contributed by atoms with Crippen LogP contribution < -0.4 is 5.32 Å². The molecule has 0 amide bonds. The minimum absolute atomic E-state index is 0.118. The molecule has 0 radical (unpaired) electrons. The van der Waals surface area contributed by atoms with Crippen molar-refractivity contribution < 1.29 is 4.39 Å². The van der Waals surface area contributed by atoms with Crippen LogP contribution in [0.3, 0.4) is 0 Å². The minimum atomic E-state index is -0.413. The molecular formula is C13H15ClFN3. The molecule has 0 unspecified atom stereocenters. The number of halogens is 2. The summed E-state index contributed by atoms with van der Waals surface area (Å²) in [7, 11) is 3.84. The lowest BCUT2D eigenvalue weighted by Crippen LogP contribution is -2.10. The van der Waals surface area contributed by atoms with E-state index in [4.69, 9.17) is 11.6 Å². The third kappa shape index (κ3) is 2.26. The van der Waals surface area contributed by atoms with E-state index in [1.807, 2.05) is 25.6 Å². The van der Waals surface area contributed by atoms with Gasteiger partial charge in [0.15, 0.2) is 0 Å². The molecule has 96 valence electrons. The van der Waals surface area contributed by atoms with Crippen LogP contribution >= 0.6 is 11.6 Å². The van der Waals surface area contributed by atoms with Crippen LogP contribution in [0.5, 0.6) is 0 Å². The van der Waals surface area contributed by atoms with Gasteiger partial charge in [0.2, 0.25) is 0 Å². The number of benzene rings is 1. The van der Waals surface area contributed by atoms with Gasteiger partial charge in [-0.1, -0.05) is 11.6 Å². The van der Waals surface area contributed by atoms with Gasteiger partial charge in [-0.15, -0.1) is 0 Å². The minimum Gasteiger partial charge on any atom is -0.334 e. The average molecular weight is 268 g/mol. The predicted molar refractivity (Wildman–Crippen MR) is 71.1 cm³/mol. The zero-order chi connectivity index (χ0) is 13.3. The lowest BCUT2D eigenvalue weighted by Gasteiger charge is -2.02. The first-order valence-corrected chi connectivity index (χ1v) is 6.04. The number of hydrogen-bond donors (Lipinski definition) is 1. The first-order chi connectivity index (χ1) is 8.54. The van der Waals surface area contributed by atoms with Crippen LogP contribution in [0.15, 0.2) is 18.2 Å². The summed E-state index contributed by atoms with van der Waals surface area (Å²) in [6.07, 6.45) is 0. The second kappa shape index (κ2) is 5.08. The van der Waals surface area contributed by atoms with Crippen LogP contribution in [0.25, 0.3) is 11.3 Å². The summed E-state index contributed by atoms with van der Waals surface area (Å²) < 4.78 is 15.2. The predicted octanol–water partition coefficient (Wildman–Crippen LogP) is 2.91. The van der Waals surface area contributed by atoms with Crippen molar-refractivity contribution in [2.75, 3.05) is 7.05 Å². The molecular weight excluding hydrogens is 253 g/mol. The number of aromatic nitrogens is 2. The van der Waals surface area contributed by atoms with Crippen LogP contribution in [0.4, 0.5) is 4.39 Å². The van der Waals surface area contributed by atoms with Crippen LogP contribution in [-0.4, -0.2) is 16.6 Å². The van der Waals surface area contributed by atoms with E-state index in [0.717, 1.165) is 22.8 Å². The largest absolute Gasteiger partial charge is 0.334 e. The molecule has 5 heteroatoms. The van der Waals surface area contributed by atoms with Gasteiger partial charge < -0.3 is 9.88 Å². The van der Waals surface area contributed by atoms with Gasteiger partial charge in [-0.05, 0) is 32.2 Å². The Morgan fingerprint density at radius 1 is 1.44 bits per heavy atom. The van der Waals surface area contributed by atoms with Crippen LogP contribution in [0.2, 0.25) is 5.02 Å². The topological polar surface area (TPSA) is 29.9 Å². The van der Waals surface area contributed by atoms with E-state index in [2.05, 4.69) is 10.3 Å². The fourth-order valence-corrected chi connectivity index (χ4v) is 2.05. The molecule has 1 N–H and O–H groups in total. The molecule has 18 heavy (non-hydrogen) atoms. The van der Waals surface area contributed by atoms with Crippen LogP contribution in [0, 0.1) is 12.7 Å². The summed E-state index contributed by atoms with van der Waals surface area (Å²) in [6.45, 7) is 2.67. The molecule has 2 aromatic rings. The number of nitrogens with zero attached hydrogens (tertiary/aromatic N) is 2. The zero-order valence-electron chi connectivity index (χ0n) is 10.6. The fourth-order valence-electron chi connectivity index (χ4n) is 1.87. The van der Waals surface area contributed by atoms with Crippen molar-refractivity contribution in [3.8, 4) is 11.3 Å². The van der Waals surface area contributed by atoms with E-state index in [0.29, 0.717) is 6.54 Å². The Hall–Kier alpha value is -1.39. The smallest absolute Gasteiger partial charge is 0.141 e. The summed E-state index contributed by atoms with van der Waals surface area (Å²) in [4.78, 5) is 4.56. The van der Waals surface area contributed by atoms with Crippen LogP contribution in [-0.2, 0) is 13.6 Å². The van der Waals surface area contributed by atoms with E-state index >= 15 is 0 Å². The number of rotatable bonds is 3. The summed E-state index contributed by atoms with van der Waals surface area (Å²) in [5, 5.41) is 3.19. The third-order valence-corrected chi connectivity index (χ3v) is 3.29. The Labute approximate surface area is 111 Å². The molecule has 0 atom stereocenters. The lowest BCUT2D eigenvalue weighted by atomic mass is 10.1. The molecule has 1 heterocycles. The van der Waals surface area contributed by atoms with Gasteiger partial charge >= 0.3 is 0 Å². The molecule has 0 fully saturated rings. The van der Waals surface area contributed by atoms with Gasteiger partial charge in [-0.3, -0.25) is 0 Å². The highest BCUT2D eigenvalue weighted by atomic mass is 35.5. The fraction of sp³-hybridized carbons (Fsp3) is 0.308. The Bertz CT molecular complexity index is 578. The normalized spacial score (nSPS) is 10.9. The molecule has 2 rings (SSSR count). The van der Waals surface area contributed by atoms with Crippen molar-refractivity contribution in [2.24, 2.45) is 7.05 Å². The van der Waals surface area contributed by atoms with E-state index in [9.17, 15) is 4.39 Å². The summed E-state index contributed by atoms with van der Waals surface area (Å²) in [6, 6.07) is 4.67. The van der Waals surface area contributed by atoms with Gasteiger partial charge in [-0.2, -0.15) is 0 Å². The maximum absolute atomic E-state index is 13.2. The van der Waals surface area contributed by atoms with E-state index in [1.165, 1.54) is 6.07 Å². The van der Waals surface area contributed by atoms with E-state index in [1.54, 1.807) is 12.1 Å².